The van der Waals surface area contributed by atoms with Gasteiger partial charge in [0.15, 0.2) is 0 Å². The molecule has 1 amide bonds. The molecule has 0 aromatic carbocycles. The first kappa shape index (κ1) is 14.8. The van der Waals surface area contributed by atoms with E-state index in [9.17, 15) is 4.79 Å². The van der Waals surface area contributed by atoms with Crippen molar-refractivity contribution in [1.29, 1.82) is 0 Å². The number of oxime groups is 1. The maximum atomic E-state index is 12.3. The fraction of sp³-hybridized carbons (Fsp3) is 0.846. The van der Waals surface area contributed by atoms with Gasteiger partial charge in [0.1, 0.15) is 5.84 Å². The van der Waals surface area contributed by atoms with Crippen molar-refractivity contribution in [3.63, 3.8) is 0 Å². The molecule has 0 aromatic heterocycles. The summed E-state index contributed by atoms with van der Waals surface area (Å²) in [6.45, 7) is 4.02. The SMILES string of the molecule is CCC(CC(N)=NO)NC(=O)C1(C)CCCCC1. The summed E-state index contributed by atoms with van der Waals surface area (Å²) in [7, 11) is 0. The van der Waals surface area contributed by atoms with Gasteiger partial charge in [-0.25, -0.2) is 0 Å². The molecule has 0 saturated heterocycles. The average Bonchev–Trinajstić information content (AvgIpc) is 2.38. The third kappa shape index (κ3) is 3.89. The van der Waals surface area contributed by atoms with Crippen LogP contribution in [0.1, 0.15) is 58.8 Å². The Bertz CT molecular complexity index is 309. The fourth-order valence-corrected chi connectivity index (χ4v) is 2.51. The maximum Gasteiger partial charge on any atom is 0.226 e. The molecule has 0 aliphatic heterocycles. The minimum Gasteiger partial charge on any atom is -0.409 e. The van der Waals surface area contributed by atoms with Crippen LogP contribution in [0.15, 0.2) is 5.16 Å². The normalized spacial score (nSPS) is 21.3. The van der Waals surface area contributed by atoms with Crippen LogP contribution in [0.5, 0.6) is 0 Å². The van der Waals surface area contributed by atoms with Gasteiger partial charge in [-0.3, -0.25) is 4.79 Å². The quantitative estimate of drug-likeness (QED) is 0.304. The number of nitrogens with two attached hydrogens (primary N) is 1. The number of hydrogen-bond acceptors (Lipinski definition) is 3. The molecule has 5 heteroatoms. The lowest BCUT2D eigenvalue weighted by Crippen LogP contribution is -2.46. The lowest BCUT2D eigenvalue weighted by molar-refractivity contribution is -0.132. The van der Waals surface area contributed by atoms with Crippen LogP contribution in [0, 0.1) is 5.41 Å². The van der Waals surface area contributed by atoms with Crippen molar-refractivity contribution in [3.8, 4) is 0 Å². The van der Waals surface area contributed by atoms with Crippen LogP contribution in [0.4, 0.5) is 0 Å². The van der Waals surface area contributed by atoms with Crippen molar-refractivity contribution in [2.75, 3.05) is 0 Å². The zero-order valence-electron chi connectivity index (χ0n) is 11.4. The third-order valence-electron chi connectivity index (χ3n) is 3.92. The van der Waals surface area contributed by atoms with E-state index in [1.807, 2.05) is 13.8 Å². The van der Waals surface area contributed by atoms with Crippen LogP contribution < -0.4 is 11.1 Å². The fourth-order valence-electron chi connectivity index (χ4n) is 2.51. The number of hydrogen-bond donors (Lipinski definition) is 3. The largest absolute Gasteiger partial charge is 0.409 e. The van der Waals surface area contributed by atoms with E-state index in [0.29, 0.717) is 6.42 Å². The van der Waals surface area contributed by atoms with Gasteiger partial charge < -0.3 is 16.3 Å². The van der Waals surface area contributed by atoms with Gasteiger partial charge in [-0.15, -0.1) is 0 Å². The summed E-state index contributed by atoms with van der Waals surface area (Å²) in [6, 6.07) is -0.0489. The third-order valence-corrected chi connectivity index (χ3v) is 3.92. The van der Waals surface area contributed by atoms with Gasteiger partial charge in [-0.1, -0.05) is 38.3 Å². The van der Waals surface area contributed by atoms with Crippen LogP contribution in [0.3, 0.4) is 0 Å². The van der Waals surface area contributed by atoms with E-state index in [2.05, 4.69) is 10.5 Å². The molecular formula is C13H25N3O2. The summed E-state index contributed by atoms with van der Waals surface area (Å²) < 4.78 is 0. The minimum atomic E-state index is -0.239. The van der Waals surface area contributed by atoms with Crippen molar-refractivity contribution < 1.29 is 10.0 Å². The molecule has 1 saturated carbocycles. The number of amidine groups is 1. The van der Waals surface area contributed by atoms with Crippen molar-refractivity contribution >= 4 is 11.7 Å². The number of rotatable bonds is 5. The van der Waals surface area contributed by atoms with Gasteiger partial charge in [-0.2, -0.15) is 0 Å². The van der Waals surface area contributed by atoms with E-state index < -0.39 is 0 Å². The van der Waals surface area contributed by atoms with Crippen molar-refractivity contribution in [3.05, 3.63) is 0 Å². The van der Waals surface area contributed by atoms with Gasteiger partial charge in [-0.05, 0) is 19.3 Å². The van der Waals surface area contributed by atoms with Crippen LogP contribution in [0.2, 0.25) is 0 Å². The Kier molecular flexibility index (Phi) is 5.44. The highest BCUT2D eigenvalue weighted by molar-refractivity contribution is 5.84. The number of nitrogens with zero attached hydrogens (tertiary/aromatic N) is 1. The highest BCUT2D eigenvalue weighted by atomic mass is 16.4. The lowest BCUT2D eigenvalue weighted by Gasteiger charge is -2.33. The van der Waals surface area contributed by atoms with Crippen LogP contribution in [-0.4, -0.2) is 23.0 Å². The van der Waals surface area contributed by atoms with E-state index in [1.165, 1.54) is 6.42 Å². The molecule has 4 N–H and O–H groups in total. The molecule has 1 fully saturated rings. The molecule has 0 bridgehead atoms. The highest BCUT2D eigenvalue weighted by Gasteiger charge is 2.35. The Hall–Kier alpha value is -1.26. The Morgan fingerprint density at radius 3 is 2.56 bits per heavy atom. The number of amides is 1. The Labute approximate surface area is 109 Å². The monoisotopic (exact) mass is 255 g/mol. The summed E-state index contributed by atoms with van der Waals surface area (Å²) in [4.78, 5) is 12.3. The highest BCUT2D eigenvalue weighted by Crippen LogP contribution is 2.36. The van der Waals surface area contributed by atoms with Crippen molar-refractivity contribution in [2.24, 2.45) is 16.3 Å². The molecule has 0 radical (unpaired) electrons. The van der Waals surface area contributed by atoms with Gasteiger partial charge in [0.25, 0.3) is 0 Å². The second kappa shape index (κ2) is 6.61. The molecule has 5 nitrogen and oxygen atoms in total. The molecule has 104 valence electrons. The van der Waals surface area contributed by atoms with E-state index in [0.717, 1.165) is 32.1 Å². The number of nitrogens with one attached hydrogen (secondary N) is 1. The number of carbonyl (C=O) groups is 1. The molecule has 0 spiro atoms. The van der Waals surface area contributed by atoms with Crippen LogP contribution >= 0.6 is 0 Å². The Balaban J connectivity index is 2.55. The van der Waals surface area contributed by atoms with Gasteiger partial charge in [0.2, 0.25) is 5.91 Å². The molecule has 1 unspecified atom stereocenters. The van der Waals surface area contributed by atoms with Gasteiger partial charge in [0.05, 0.1) is 0 Å². The Morgan fingerprint density at radius 2 is 2.06 bits per heavy atom. The van der Waals surface area contributed by atoms with E-state index in [-0.39, 0.29) is 23.2 Å². The lowest BCUT2D eigenvalue weighted by atomic mass is 9.75. The molecular weight excluding hydrogens is 230 g/mol. The predicted molar refractivity (Wildman–Crippen MR) is 71.4 cm³/mol. The Morgan fingerprint density at radius 1 is 1.44 bits per heavy atom. The average molecular weight is 255 g/mol. The molecule has 1 rings (SSSR count). The second-order valence-corrected chi connectivity index (χ2v) is 5.50. The first-order valence-corrected chi connectivity index (χ1v) is 6.79. The van der Waals surface area contributed by atoms with Crippen molar-refractivity contribution in [1.82, 2.24) is 5.32 Å². The van der Waals surface area contributed by atoms with E-state index in [4.69, 9.17) is 10.9 Å². The van der Waals surface area contributed by atoms with Crippen molar-refractivity contribution in [2.45, 2.75) is 64.8 Å². The summed E-state index contributed by atoms with van der Waals surface area (Å²) in [5.41, 5.74) is 5.25. The number of carbonyl (C=O) groups excluding carboxylic acids is 1. The summed E-state index contributed by atoms with van der Waals surface area (Å²) in [6.07, 6.45) is 6.57. The molecule has 0 heterocycles. The molecule has 0 aromatic rings. The second-order valence-electron chi connectivity index (χ2n) is 5.50. The molecule has 1 atom stereocenters. The smallest absolute Gasteiger partial charge is 0.226 e. The van der Waals surface area contributed by atoms with Crippen LogP contribution in [-0.2, 0) is 4.79 Å². The predicted octanol–water partition coefficient (Wildman–Crippen LogP) is 1.99. The van der Waals surface area contributed by atoms with E-state index >= 15 is 0 Å². The standard InChI is InChI=1S/C13H25N3O2/c1-3-10(9-11(14)16-18)15-12(17)13(2)7-5-4-6-8-13/h10,18H,3-9H2,1-2H3,(H2,14,16)(H,15,17). The topological polar surface area (TPSA) is 87.7 Å². The molecule has 18 heavy (non-hydrogen) atoms. The van der Waals surface area contributed by atoms with Crippen LogP contribution in [0.25, 0.3) is 0 Å². The summed E-state index contributed by atoms with van der Waals surface area (Å²) >= 11 is 0. The summed E-state index contributed by atoms with van der Waals surface area (Å²) in [5.74, 6) is 0.274. The zero-order chi connectivity index (χ0) is 13.6. The molecule has 1 aliphatic rings. The minimum absolute atomic E-state index is 0.0489. The maximum absolute atomic E-state index is 12.3. The first-order chi connectivity index (χ1) is 8.51. The van der Waals surface area contributed by atoms with E-state index in [1.54, 1.807) is 0 Å². The first-order valence-electron chi connectivity index (χ1n) is 6.79. The van der Waals surface area contributed by atoms with Gasteiger partial charge >= 0.3 is 0 Å². The summed E-state index contributed by atoms with van der Waals surface area (Å²) in [5, 5.41) is 14.6. The molecule has 1 aliphatic carbocycles. The van der Waals surface area contributed by atoms with Gasteiger partial charge in [0, 0.05) is 17.9 Å². The zero-order valence-corrected chi connectivity index (χ0v) is 11.4.